The van der Waals surface area contributed by atoms with E-state index in [2.05, 4.69) is 111 Å². The maximum atomic E-state index is 7.03. The summed E-state index contributed by atoms with van der Waals surface area (Å²) in [7, 11) is 0. The second kappa shape index (κ2) is 8.28. The van der Waals surface area contributed by atoms with E-state index in [1.807, 2.05) is 0 Å². The Balaban J connectivity index is 1.67. The van der Waals surface area contributed by atoms with Crippen molar-refractivity contribution in [1.29, 1.82) is 0 Å². The van der Waals surface area contributed by atoms with Gasteiger partial charge in [0.05, 0.1) is 0 Å². The predicted octanol–water partition coefficient (Wildman–Crippen LogP) is 7.21. The Morgan fingerprint density at radius 1 is 0.485 bits per heavy atom. The Morgan fingerprint density at radius 3 is 1.03 bits per heavy atom. The zero-order valence-corrected chi connectivity index (χ0v) is 21.2. The van der Waals surface area contributed by atoms with E-state index in [1.165, 1.54) is 44.5 Å². The topological polar surface area (TPSA) is 18.5 Å². The average Bonchev–Trinajstić information content (AvgIpc) is 3.38. The van der Waals surface area contributed by atoms with Crippen molar-refractivity contribution >= 4 is 13.9 Å². The van der Waals surface area contributed by atoms with Gasteiger partial charge in [0.1, 0.15) is 0 Å². The van der Waals surface area contributed by atoms with Gasteiger partial charge in [-0.05, 0) is 0 Å². The summed E-state index contributed by atoms with van der Waals surface area (Å²) in [6.07, 6.45) is 0. The summed E-state index contributed by atoms with van der Waals surface area (Å²) in [6, 6.07) is 35.5. The van der Waals surface area contributed by atoms with Crippen LogP contribution in [-0.4, -0.2) is 27.2 Å². The third-order valence-electron chi connectivity index (χ3n) is 7.21. The normalized spacial score (nSPS) is 14.6. The molecular formula is C30H28GeO2. The molecule has 0 saturated heterocycles. The van der Waals surface area contributed by atoms with Crippen LogP contribution < -0.4 is 0 Å². The van der Waals surface area contributed by atoms with E-state index in [4.69, 9.17) is 7.53 Å². The first-order valence-electron chi connectivity index (χ1n) is 11.9. The number of hydrogen-bond donors (Lipinski definition) is 0. The molecule has 0 heterocycles. The molecule has 164 valence electrons. The zero-order valence-electron chi connectivity index (χ0n) is 19.1. The molecule has 0 saturated carbocycles. The molecule has 4 aromatic rings. The van der Waals surface area contributed by atoms with Gasteiger partial charge in [-0.25, -0.2) is 0 Å². The molecule has 0 aromatic heterocycles. The van der Waals surface area contributed by atoms with E-state index in [0.717, 1.165) is 0 Å². The van der Waals surface area contributed by atoms with Crippen molar-refractivity contribution in [2.45, 2.75) is 23.3 Å². The fourth-order valence-electron chi connectivity index (χ4n) is 6.17. The van der Waals surface area contributed by atoms with Crippen LogP contribution in [0.15, 0.2) is 97.1 Å². The first kappa shape index (κ1) is 20.9. The summed E-state index contributed by atoms with van der Waals surface area (Å²) in [5.74, 6) is 0. The van der Waals surface area contributed by atoms with Crippen LogP contribution in [0.25, 0.3) is 22.3 Å². The van der Waals surface area contributed by atoms with Crippen LogP contribution in [-0.2, 0) is 7.53 Å². The number of benzene rings is 4. The Labute approximate surface area is 199 Å². The molecule has 2 nitrogen and oxygen atoms in total. The molecule has 0 amide bonds. The van der Waals surface area contributed by atoms with Crippen molar-refractivity contribution in [2.75, 3.05) is 13.2 Å². The van der Waals surface area contributed by atoms with E-state index in [0.29, 0.717) is 13.2 Å². The van der Waals surface area contributed by atoms with Gasteiger partial charge in [-0.1, -0.05) is 0 Å². The molecule has 2 aliphatic carbocycles. The average molecular weight is 493 g/mol. The van der Waals surface area contributed by atoms with Crippen molar-refractivity contribution in [3.63, 3.8) is 0 Å². The van der Waals surface area contributed by atoms with Crippen molar-refractivity contribution in [1.82, 2.24) is 0 Å². The van der Waals surface area contributed by atoms with E-state index in [9.17, 15) is 0 Å². The summed E-state index contributed by atoms with van der Waals surface area (Å²) >= 11 is -3.66. The summed E-state index contributed by atoms with van der Waals surface area (Å²) < 4.78 is 14.4. The summed E-state index contributed by atoms with van der Waals surface area (Å²) in [6.45, 7) is 5.56. The third kappa shape index (κ3) is 3.01. The Morgan fingerprint density at radius 2 is 0.758 bits per heavy atom. The standard InChI is InChI=1S/C30H28GeO2/c1-3-32-31(33-4-2,29-25-17-9-5-13-21(25)22-14-6-10-18-26(22)29)30-27-19-11-7-15-23(27)24-16-8-12-20-28(24)30/h5-20,29-30H,3-4H2,1-2H3. The van der Waals surface area contributed by atoms with Gasteiger partial charge in [0.2, 0.25) is 0 Å². The van der Waals surface area contributed by atoms with Gasteiger partial charge in [-0.2, -0.15) is 0 Å². The van der Waals surface area contributed by atoms with Gasteiger partial charge in [0.25, 0.3) is 0 Å². The fourth-order valence-corrected chi connectivity index (χ4v) is 16.1. The minimum absolute atomic E-state index is 0.154. The van der Waals surface area contributed by atoms with Crippen molar-refractivity contribution in [2.24, 2.45) is 0 Å². The number of fused-ring (bicyclic) bond motifs is 6. The molecule has 0 atom stereocenters. The molecule has 4 aromatic carbocycles. The van der Waals surface area contributed by atoms with Gasteiger partial charge >= 0.3 is 200 Å². The van der Waals surface area contributed by atoms with E-state index >= 15 is 0 Å². The molecule has 0 bridgehead atoms. The fraction of sp³-hybridized carbons (Fsp3) is 0.200. The molecule has 0 aliphatic heterocycles. The van der Waals surface area contributed by atoms with Gasteiger partial charge in [-0.15, -0.1) is 0 Å². The van der Waals surface area contributed by atoms with Crippen molar-refractivity contribution in [3.8, 4) is 22.3 Å². The summed E-state index contributed by atoms with van der Waals surface area (Å²) in [4.78, 5) is 0. The molecular weight excluding hydrogens is 465 g/mol. The molecule has 2 aliphatic rings. The minimum atomic E-state index is -3.66. The summed E-state index contributed by atoms with van der Waals surface area (Å²) in [5, 5.41) is 0. The monoisotopic (exact) mass is 494 g/mol. The molecule has 0 fully saturated rings. The van der Waals surface area contributed by atoms with Gasteiger partial charge in [0.15, 0.2) is 0 Å². The van der Waals surface area contributed by atoms with Crippen LogP contribution in [0.1, 0.15) is 45.6 Å². The van der Waals surface area contributed by atoms with Crippen molar-refractivity contribution in [3.05, 3.63) is 119 Å². The number of rotatable bonds is 6. The second-order valence-electron chi connectivity index (χ2n) is 8.80. The molecule has 33 heavy (non-hydrogen) atoms. The zero-order chi connectivity index (χ0) is 22.4. The quantitative estimate of drug-likeness (QED) is 0.265. The SMILES string of the molecule is CC[O][Ge]([O]CC)([CH]1c2ccccc2-c2ccccc21)[CH]1c2ccccc2-c2ccccc21. The van der Waals surface area contributed by atoms with Gasteiger partial charge < -0.3 is 0 Å². The molecule has 0 unspecified atom stereocenters. The Hall–Kier alpha value is -2.66. The van der Waals surface area contributed by atoms with Gasteiger partial charge in [-0.3, -0.25) is 0 Å². The second-order valence-corrected chi connectivity index (χ2v) is 15.5. The van der Waals surface area contributed by atoms with E-state index in [1.54, 1.807) is 0 Å². The molecule has 0 radical (unpaired) electrons. The maximum absolute atomic E-state index is 7.03. The van der Waals surface area contributed by atoms with Crippen molar-refractivity contribution < 1.29 is 7.53 Å². The molecule has 3 heteroatoms. The first-order valence-corrected chi connectivity index (χ1v) is 16.1. The molecule has 6 rings (SSSR count). The van der Waals surface area contributed by atoms with Gasteiger partial charge in [0, 0.05) is 0 Å². The summed E-state index contributed by atoms with van der Waals surface area (Å²) in [5.41, 5.74) is 10.8. The first-order chi connectivity index (χ1) is 16.3. The van der Waals surface area contributed by atoms with Crippen LogP contribution >= 0.6 is 0 Å². The molecule has 0 spiro atoms. The van der Waals surface area contributed by atoms with E-state index < -0.39 is 13.9 Å². The Bertz CT molecular complexity index is 1130. The van der Waals surface area contributed by atoms with E-state index in [-0.39, 0.29) is 9.50 Å². The van der Waals surface area contributed by atoms with Crippen LogP contribution in [0.5, 0.6) is 0 Å². The van der Waals surface area contributed by atoms with Crippen LogP contribution in [0.2, 0.25) is 0 Å². The van der Waals surface area contributed by atoms with Crippen LogP contribution in [0.4, 0.5) is 0 Å². The Kier molecular flexibility index (Phi) is 5.25. The third-order valence-corrected chi connectivity index (χ3v) is 16.3. The van der Waals surface area contributed by atoms with Crippen LogP contribution in [0, 0.1) is 0 Å². The van der Waals surface area contributed by atoms with Crippen LogP contribution in [0.3, 0.4) is 0 Å². The molecule has 0 N–H and O–H groups in total. The predicted molar refractivity (Wildman–Crippen MR) is 136 cm³/mol. The number of hydrogen-bond acceptors (Lipinski definition) is 2.